The molecule has 0 spiro atoms. The smallest absolute Gasteiger partial charge is 0.120 e. The normalized spacial score (nSPS) is 21.6. The van der Waals surface area contributed by atoms with Gasteiger partial charge in [-0.05, 0) is 24.6 Å². The number of halogens is 1. The first-order valence-corrected chi connectivity index (χ1v) is 6.79. The molecule has 0 aromatic heterocycles. The van der Waals surface area contributed by atoms with Crippen molar-refractivity contribution in [3.63, 3.8) is 0 Å². The first-order chi connectivity index (χ1) is 8.19. The minimum atomic E-state index is 0.332. The molecule has 1 aliphatic heterocycles. The predicted octanol–water partition coefficient (Wildman–Crippen LogP) is 2.77. The highest BCUT2D eigenvalue weighted by molar-refractivity contribution is 9.10. The van der Waals surface area contributed by atoms with Gasteiger partial charge in [-0.1, -0.05) is 22.9 Å². The van der Waals surface area contributed by atoms with Gasteiger partial charge < -0.3 is 9.84 Å². The number of hydrogen-bond donors (Lipinski definition) is 1. The molecule has 3 nitrogen and oxygen atoms in total. The van der Waals surface area contributed by atoms with Crippen LogP contribution in [-0.4, -0.2) is 35.8 Å². The predicted molar refractivity (Wildman–Crippen MR) is 71.1 cm³/mol. The molecule has 4 heteroatoms. The van der Waals surface area contributed by atoms with Crippen LogP contribution in [0.3, 0.4) is 0 Å². The molecule has 1 aromatic carbocycles. The zero-order valence-electron chi connectivity index (χ0n) is 10.0. The van der Waals surface area contributed by atoms with Crippen molar-refractivity contribution in [3.05, 3.63) is 28.2 Å². The van der Waals surface area contributed by atoms with E-state index in [0.717, 1.165) is 42.7 Å². The van der Waals surface area contributed by atoms with Crippen LogP contribution < -0.4 is 0 Å². The molecule has 0 radical (unpaired) electrons. The van der Waals surface area contributed by atoms with E-state index in [1.54, 1.807) is 6.07 Å². The second kappa shape index (κ2) is 5.85. The fourth-order valence-corrected chi connectivity index (χ4v) is 2.50. The van der Waals surface area contributed by atoms with E-state index in [2.05, 4.69) is 27.8 Å². The maximum atomic E-state index is 9.81. The topological polar surface area (TPSA) is 32.7 Å². The summed E-state index contributed by atoms with van der Waals surface area (Å²) in [6, 6.07) is 5.57. The highest BCUT2D eigenvalue weighted by atomic mass is 79.9. The molecule has 1 unspecified atom stereocenters. The number of morpholine rings is 1. The summed E-state index contributed by atoms with van der Waals surface area (Å²) in [5.41, 5.74) is 0.969. The number of rotatable bonds is 3. The molecule has 0 amide bonds. The largest absolute Gasteiger partial charge is 0.508 e. The van der Waals surface area contributed by atoms with E-state index in [4.69, 9.17) is 4.74 Å². The van der Waals surface area contributed by atoms with Crippen LogP contribution >= 0.6 is 15.9 Å². The molecule has 0 aliphatic carbocycles. The summed E-state index contributed by atoms with van der Waals surface area (Å²) in [6.45, 7) is 5.59. The van der Waals surface area contributed by atoms with Crippen molar-refractivity contribution in [1.82, 2.24) is 4.90 Å². The van der Waals surface area contributed by atoms with Gasteiger partial charge in [0.15, 0.2) is 0 Å². The van der Waals surface area contributed by atoms with Crippen LogP contribution in [0.25, 0.3) is 0 Å². The molecule has 17 heavy (non-hydrogen) atoms. The number of phenolic OH excluding ortho intramolecular Hbond substituents is 1. The van der Waals surface area contributed by atoms with E-state index in [-0.39, 0.29) is 0 Å². The van der Waals surface area contributed by atoms with E-state index >= 15 is 0 Å². The Kier molecular flexibility index (Phi) is 4.42. The molecule has 1 heterocycles. The Morgan fingerprint density at radius 2 is 2.35 bits per heavy atom. The second-order valence-electron chi connectivity index (χ2n) is 4.41. The highest BCUT2D eigenvalue weighted by Crippen LogP contribution is 2.24. The van der Waals surface area contributed by atoms with Crippen LogP contribution in [0.15, 0.2) is 22.7 Å². The Hall–Kier alpha value is -0.580. The van der Waals surface area contributed by atoms with Crippen molar-refractivity contribution < 1.29 is 9.84 Å². The summed E-state index contributed by atoms with van der Waals surface area (Å²) >= 11 is 3.43. The van der Waals surface area contributed by atoms with E-state index in [1.807, 2.05) is 12.1 Å². The lowest BCUT2D eigenvalue weighted by Crippen LogP contribution is -2.41. The lowest BCUT2D eigenvalue weighted by molar-refractivity contribution is -0.0326. The van der Waals surface area contributed by atoms with Crippen molar-refractivity contribution in [2.75, 3.05) is 19.7 Å². The Morgan fingerprint density at radius 3 is 3.12 bits per heavy atom. The van der Waals surface area contributed by atoms with E-state index < -0.39 is 0 Å². The standard InChI is InChI=1S/C13H18BrNO2/c1-2-12-9-15(5-6-17-12)8-10-7-11(14)3-4-13(10)16/h3-4,7,12,16H,2,5-6,8-9H2,1H3. The van der Waals surface area contributed by atoms with Crippen LogP contribution in [-0.2, 0) is 11.3 Å². The van der Waals surface area contributed by atoms with Crippen LogP contribution in [0.1, 0.15) is 18.9 Å². The Morgan fingerprint density at radius 1 is 1.53 bits per heavy atom. The Balaban J connectivity index is 2.02. The molecule has 0 bridgehead atoms. The summed E-state index contributed by atoms with van der Waals surface area (Å²) in [5.74, 6) is 0.368. The number of nitrogens with zero attached hydrogens (tertiary/aromatic N) is 1. The van der Waals surface area contributed by atoms with Gasteiger partial charge in [-0.2, -0.15) is 0 Å². The summed E-state index contributed by atoms with van der Waals surface area (Å²) < 4.78 is 6.64. The summed E-state index contributed by atoms with van der Waals surface area (Å²) in [6.07, 6.45) is 1.37. The fraction of sp³-hybridized carbons (Fsp3) is 0.538. The molecule has 0 saturated carbocycles. The van der Waals surface area contributed by atoms with Gasteiger partial charge in [0.05, 0.1) is 12.7 Å². The lowest BCUT2D eigenvalue weighted by atomic mass is 10.1. The van der Waals surface area contributed by atoms with E-state index in [1.165, 1.54) is 0 Å². The van der Waals surface area contributed by atoms with Gasteiger partial charge >= 0.3 is 0 Å². The average molecular weight is 300 g/mol. The molecule has 94 valence electrons. The first-order valence-electron chi connectivity index (χ1n) is 6.00. The maximum Gasteiger partial charge on any atom is 0.120 e. The summed E-state index contributed by atoms with van der Waals surface area (Å²) in [5, 5.41) is 9.81. The first kappa shape index (κ1) is 12.9. The number of hydrogen-bond acceptors (Lipinski definition) is 3. The zero-order chi connectivity index (χ0) is 12.3. The lowest BCUT2D eigenvalue weighted by Gasteiger charge is -2.32. The molecule has 2 rings (SSSR count). The zero-order valence-corrected chi connectivity index (χ0v) is 11.6. The van der Waals surface area contributed by atoms with E-state index in [0.29, 0.717) is 11.9 Å². The molecule has 1 N–H and O–H groups in total. The summed E-state index contributed by atoms with van der Waals surface area (Å²) in [7, 11) is 0. The minimum Gasteiger partial charge on any atom is -0.508 e. The van der Waals surface area contributed by atoms with Gasteiger partial charge in [0.1, 0.15) is 5.75 Å². The SMILES string of the molecule is CCC1CN(Cc2cc(Br)ccc2O)CCO1. The molecule has 1 aromatic rings. The molecular weight excluding hydrogens is 282 g/mol. The molecule has 1 fully saturated rings. The number of ether oxygens (including phenoxy) is 1. The van der Waals surface area contributed by atoms with E-state index in [9.17, 15) is 5.11 Å². The van der Waals surface area contributed by atoms with Crippen molar-refractivity contribution in [3.8, 4) is 5.75 Å². The van der Waals surface area contributed by atoms with Gasteiger partial charge in [0, 0.05) is 29.7 Å². The average Bonchev–Trinajstić information content (AvgIpc) is 2.34. The van der Waals surface area contributed by atoms with Crippen molar-refractivity contribution in [2.45, 2.75) is 26.0 Å². The van der Waals surface area contributed by atoms with Gasteiger partial charge in [-0.25, -0.2) is 0 Å². The van der Waals surface area contributed by atoms with Crippen molar-refractivity contribution in [2.24, 2.45) is 0 Å². The third-order valence-electron chi connectivity index (χ3n) is 3.11. The van der Waals surface area contributed by atoms with Crippen molar-refractivity contribution >= 4 is 15.9 Å². The van der Waals surface area contributed by atoms with Gasteiger partial charge in [-0.15, -0.1) is 0 Å². The Bertz CT molecular complexity index is 384. The van der Waals surface area contributed by atoms with Gasteiger partial charge in [0.25, 0.3) is 0 Å². The third-order valence-corrected chi connectivity index (χ3v) is 3.61. The van der Waals surface area contributed by atoms with Crippen LogP contribution in [0.4, 0.5) is 0 Å². The number of benzene rings is 1. The Labute approximate surface area is 111 Å². The highest BCUT2D eigenvalue weighted by Gasteiger charge is 2.19. The monoisotopic (exact) mass is 299 g/mol. The van der Waals surface area contributed by atoms with Crippen LogP contribution in [0, 0.1) is 0 Å². The molecule has 1 atom stereocenters. The third kappa shape index (κ3) is 3.44. The number of aromatic hydroxyl groups is 1. The second-order valence-corrected chi connectivity index (χ2v) is 5.32. The maximum absolute atomic E-state index is 9.81. The van der Waals surface area contributed by atoms with Crippen LogP contribution in [0.2, 0.25) is 0 Å². The van der Waals surface area contributed by atoms with Gasteiger partial charge in [-0.3, -0.25) is 4.90 Å². The number of phenols is 1. The molecule has 1 aliphatic rings. The van der Waals surface area contributed by atoms with Crippen molar-refractivity contribution in [1.29, 1.82) is 0 Å². The summed E-state index contributed by atoms with van der Waals surface area (Å²) in [4.78, 5) is 2.33. The minimum absolute atomic E-state index is 0.332. The van der Waals surface area contributed by atoms with Gasteiger partial charge in [0.2, 0.25) is 0 Å². The fourth-order valence-electron chi connectivity index (χ4n) is 2.09. The molecular formula is C13H18BrNO2. The molecule has 1 saturated heterocycles. The quantitative estimate of drug-likeness (QED) is 0.931. The van der Waals surface area contributed by atoms with Crippen LogP contribution in [0.5, 0.6) is 5.75 Å².